The molecule has 0 amide bonds. The van der Waals surface area contributed by atoms with Crippen molar-refractivity contribution in [1.82, 2.24) is 4.98 Å². The molecule has 4 heteroatoms. The summed E-state index contributed by atoms with van der Waals surface area (Å²) in [6.45, 7) is 5.69. The number of methoxy groups -OCH3 is 1. The molecular weight excluding hydrogens is 264 g/mol. The predicted octanol–water partition coefficient (Wildman–Crippen LogP) is 2.79. The lowest BCUT2D eigenvalue weighted by molar-refractivity contribution is -0.145. The van der Waals surface area contributed by atoms with Crippen molar-refractivity contribution in [3.63, 3.8) is 0 Å². The van der Waals surface area contributed by atoms with Gasteiger partial charge in [-0.3, -0.25) is 4.79 Å². The molecule has 0 saturated carbocycles. The standard InChI is InChI=1S/C17H20N2O2/c1-11-8-13-6-4-5-7-15(13)18-16(11)19-9-12(2)14(10-19)17(20)21-3/h4-8,12,14H,9-10H2,1-3H3. The molecule has 4 nitrogen and oxygen atoms in total. The molecule has 1 aliphatic heterocycles. The Morgan fingerprint density at radius 3 is 2.86 bits per heavy atom. The third-order valence-corrected chi connectivity index (χ3v) is 4.30. The number of nitrogens with zero attached hydrogens (tertiary/aromatic N) is 2. The van der Waals surface area contributed by atoms with Gasteiger partial charge in [-0.15, -0.1) is 0 Å². The van der Waals surface area contributed by atoms with Crippen LogP contribution in [0.2, 0.25) is 0 Å². The summed E-state index contributed by atoms with van der Waals surface area (Å²) in [7, 11) is 1.46. The normalized spacial score (nSPS) is 21.8. The first-order chi connectivity index (χ1) is 10.1. The van der Waals surface area contributed by atoms with Crippen LogP contribution in [0, 0.1) is 18.8 Å². The molecule has 3 rings (SSSR count). The van der Waals surface area contributed by atoms with Crippen molar-refractivity contribution in [2.24, 2.45) is 11.8 Å². The number of benzene rings is 1. The summed E-state index contributed by atoms with van der Waals surface area (Å²) in [6.07, 6.45) is 0. The highest BCUT2D eigenvalue weighted by Crippen LogP contribution is 2.31. The minimum absolute atomic E-state index is 0.0670. The number of aromatic nitrogens is 1. The van der Waals surface area contributed by atoms with Crippen LogP contribution in [0.25, 0.3) is 10.9 Å². The molecule has 1 fully saturated rings. The zero-order valence-corrected chi connectivity index (χ0v) is 12.7. The maximum atomic E-state index is 11.8. The third-order valence-electron chi connectivity index (χ3n) is 4.30. The van der Waals surface area contributed by atoms with Crippen molar-refractivity contribution in [1.29, 1.82) is 0 Å². The van der Waals surface area contributed by atoms with Gasteiger partial charge in [0.2, 0.25) is 0 Å². The summed E-state index contributed by atoms with van der Waals surface area (Å²) in [5, 5.41) is 1.15. The Balaban J connectivity index is 1.94. The molecule has 1 aliphatic rings. The van der Waals surface area contributed by atoms with E-state index in [-0.39, 0.29) is 17.8 Å². The SMILES string of the molecule is COC(=O)C1CN(c2nc3ccccc3cc2C)CC1C. The molecule has 1 saturated heterocycles. The molecule has 1 aromatic carbocycles. The van der Waals surface area contributed by atoms with Gasteiger partial charge in [-0.2, -0.15) is 0 Å². The van der Waals surface area contributed by atoms with E-state index in [1.807, 2.05) is 18.2 Å². The monoisotopic (exact) mass is 284 g/mol. The largest absolute Gasteiger partial charge is 0.469 e. The van der Waals surface area contributed by atoms with Gasteiger partial charge >= 0.3 is 5.97 Å². The van der Waals surface area contributed by atoms with Crippen LogP contribution in [-0.2, 0) is 9.53 Å². The zero-order chi connectivity index (χ0) is 15.0. The van der Waals surface area contributed by atoms with Crippen molar-refractivity contribution >= 4 is 22.7 Å². The second kappa shape index (κ2) is 5.35. The Morgan fingerprint density at radius 1 is 1.33 bits per heavy atom. The second-order valence-corrected chi connectivity index (χ2v) is 5.83. The average molecular weight is 284 g/mol. The first kappa shape index (κ1) is 13.9. The number of ether oxygens (including phenoxy) is 1. The fourth-order valence-corrected chi connectivity index (χ4v) is 3.13. The minimum atomic E-state index is -0.122. The lowest BCUT2D eigenvalue weighted by Gasteiger charge is -2.20. The maximum Gasteiger partial charge on any atom is 0.310 e. The molecule has 2 unspecified atom stereocenters. The van der Waals surface area contributed by atoms with Crippen LogP contribution in [-0.4, -0.2) is 31.2 Å². The summed E-state index contributed by atoms with van der Waals surface area (Å²) in [6, 6.07) is 10.3. The third kappa shape index (κ3) is 2.46. The van der Waals surface area contributed by atoms with Crippen LogP contribution in [0.5, 0.6) is 0 Å². The van der Waals surface area contributed by atoms with E-state index in [0.717, 1.165) is 28.8 Å². The Morgan fingerprint density at radius 2 is 2.10 bits per heavy atom. The molecule has 0 bridgehead atoms. The molecule has 1 aromatic heterocycles. The van der Waals surface area contributed by atoms with Gasteiger partial charge in [-0.25, -0.2) is 4.98 Å². The van der Waals surface area contributed by atoms with Crippen molar-refractivity contribution in [3.05, 3.63) is 35.9 Å². The number of fused-ring (bicyclic) bond motifs is 1. The highest BCUT2D eigenvalue weighted by atomic mass is 16.5. The Kier molecular flexibility index (Phi) is 3.53. The number of pyridine rings is 1. The molecule has 2 heterocycles. The summed E-state index contributed by atoms with van der Waals surface area (Å²) < 4.78 is 4.90. The zero-order valence-electron chi connectivity index (χ0n) is 12.7. The van der Waals surface area contributed by atoms with Crippen LogP contribution >= 0.6 is 0 Å². The smallest absolute Gasteiger partial charge is 0.310 e. The molecule has 2 atom stereocenters. The molecule has 2 aromatic rings. The van der Waals surface area contributed by atoms with Gasteiger partial charge in [0.15, 0.2) is 0 Å². The number of hydrogen-bond acceptors (Lipinski definition) is 4. The highest BCUT2D eigenvalue weighted by molar-refractivity contribution is 5.82. The lowest BCUT2D eigenvalue weighted by atomic mass is 9.99. The first-order valence-electron chi connectivity index (χ1n) is 7.29. The molecule has 0 radical (unpaired) electrons. The highest BCUT2D eigenvalue weighted by Gasteiger charge is 2.36. The molecule has 0 N–H and O–H groups in total. The number of para-hydroxylation sites is 1. The summed E-state index contributed by atoms with van der Waals surface area (Å²) in [5.74, 6) is 1.07. The van der Waals surface area contributed by atoms with Gasteiger partial charge in [0.25, 0.3) is 0 Å². The number of aryl methyl sites for hydroxylation is 1. The van der Waals surface area contributed by atoms with Crippen LogP contribution in [0.15, 0.2) is 30.3 Å². The Hall–Kier alpha value is -2.10. The van der Waals surface area contributed by atoms with Crippen molar-refractivity contribution in [2.45, 2.75) is 13.8 Å². The van der Waals surface area contributed by atoms with E-state index < -0.39 is 0 Å². The van der Waals surface area contributed by atoms with Crippen molar-refractivity contribution in [2.75, 3.05) is 25.1 Å². The van der Waals surface area contributed by atoms with Crippen LogP contribution in [0.4, 0.5) is 5.82 Å². The van der Waals surface area contributed by atoms with Crippen LogP contribution in [0.3, 0.4) is 0 Å². The minimum Gasteiger partial charge on any atom is -0.469 e. The van der Waals surface area contributed by atoms with Crippen molar-refractivity contribution in [3.8, 4) is 0 Å². The fraction of sp³-hybridized carbons (Fsp3) is 0.412. The van der Waals surface area contributed by atoms with Gasteiger partial charge in [0, 0.05) is 18.5 Å². The molecule has 0 aliphatic carbocycles. The Bertz CT molecular complexity index is 684. The van der Waals surface area contributed by atoms with E-state index >= 15 is 0 Å². The number of esters is 1. The number of carbonyl (C=O) groups is 1. The van der Waals surface area contributed by atoms with E-state index in [0.29, 0.717) is 6.54 Å². The van der Waals surface area contributed by atoms with E-state index in [1.54, 1.807) is 0 Å². The Labute approximate surface area is 124 Å². The van der Waals surface area contributed by atoms with Crippen molar-refractivity contribution < 1.29 is 9.53 Å². The van der Waals surface area contributed by atoms with Gasteiger partial charge in [0.1, 0.15) is 5.82 Å². The number of carbonyl (C=O) groups excluding carboxylic acids is 1. The molecule has 21 heavy (non-hydrogen) atoms. The second-order valence-electron chi connectivity index (χ2n) is 5.83. The summed E-state index contributed by atoms with van der Waals surface area (Å²) in [5.41, 5.74) is 2.14. The number of rotatable bonds is 2. The molecule has 110 valence electrons. The number of hydrogen-bond donors (Lipinski definition) is 0. The predicted molar refractivity (Wildman–Crippen MR) is 83.4 cm³/mol. The van der Waals surface area contributed by atoms with Gasteiger partial charge < -0.3 is 9.64 Å². The fourth-order valence-electron chi connectivity index (χ4n) is 3.13. The van der Waals surface area contributed by atoms with Gasteiger partial charge in [-0.1, -0.05) is 25.1 Å². The lowest BCUT2D eigenvalue weighted by Crippen LogP contribution is -2.25. The van der Waals surface area contributed by atoms with E-state index in [9.17, 15) is 4.79 Å². The van der Waals surface area contributed by atoms with E-state index in [1.165, 1.54) is 7.11 Å². The summed E-state index contributed by atoms with van der Waals surface area (Å²) >= 11 is 0. The van der Waals surface area contributed by atoms with Gasteiger partial charge in [-0.05, 0) is 30.5 Å². The van der Waals surface area contributed by atoms with E-state index in [4.69, 9.17) is 9.72 Å². The average Bonchev–Trinajstić information content (AvgIpc) is 2.87. The maximum absolute atomic E-state index is 11.8. The van der Waals surface area contributed by atoms with Crippen LogP contribution in [0.1, 0.15) is 12.5 Å². The topological polar surface area (TPSA) is 42.4 Å². The molecular formula is C17H20N2O2. The molecule has 0 spiro atoms. The van der Waals surface area contributed by atoms with Gasteiger partial charge in [0.05, 0.1) is 18.5 Å². The van der Waals surface area contributed by atoms with Crippen LogP contribution < -0.4 is 4.90 Å². The summed E-state index contributed by atoms with van der Waals surface area (Å²) in [4.78, 5) is 18.8. The first-order valence-corrected chi connectivity index (χ1v) is 7.29. The van der Waals surface area contributed by atoms with E-state index in [2.05, 4.69) is 30.9 Å². The quantitative estimate of drug-likeness (QED) is 0.795. The number of anilines is 1.